The molecule has 1 saturated heterocycles. The van der Waals surface area contributed by atoms with Gasteiger partial charge in [0.2, 0.25) is 5.91 Å². The number of carbonyl (C=O) groups is 1. The Kier molecular flexibility index (Phi) is 4.22. The first kappa shape index (κ1) is 10.5. The molecule has 1 aliphatic heterocycles. The molecule has 13 heavy (non-hydrogen) atoms. The molecule has 3 heteroatoms. The third-order valence-electron chi connectivity index (χ3n) is 2.64. The number of likely N-dealkylation sites (tertiary alicyclic amines) is 1. The summed E-state index contributed by atoms with van der Waals surface area (Å²) in [6.07, 6.45) is 3.07. The van der Waals surface area contributed by atoms with Gasteiger partial charge in [-0.1, -0.05) is 6.92 Å². The molecule has 0 aliphatic carbocycles. The zero-order chi connectivity index (χ0) is 9.68. The summed E-state index contributed by atoms with van der Waals surface area (Å²) in [6, 6.07) is 0. The van der Waals surface area contributed by atoms with E-state index in [0.717, 1.165) is 38.9 Å². The van der Waals surface area contributed by atoms with Gasteiger partial charge in [0.25, 0.3) is 0 Å². The van der Waals surface area contributed by atoms with Gasteiger partial charge in [-0.3, -0.25) is 4.79 Å². The summed E-state index contributed by atoms with van der Waals surface area (Å²) in [5, 5.41) is 2.96. The van der Waals surface area contributed by atoms with E-state index in [2.05, 4.69) is 24.2 Å². The average Bonchev–Trinajstić information content (AvgIpc) is 2.15. The third kappa shape index (κ3) is 3.35. The summed E-state index contributed by atoms with van der Waals surface area (Å²) in [4.78, 5) is 13.8. The summed E-state index contributed by atoms with van der Waals surface area (Å²) in [6.45, 7) is 5.02. The van der Waals surface area contributed by atoms with Crippen molar-refractivity contribution in [1.29, 1.82) is 0 Å². The van der Waals surface area contributed by atoms with E-state index < -0.39 is 0 Å². The van der Waals surface area contributed by atoms with Crippen LogP contribution in [-0.2, 0) is 4.79 Å². The Morgan fingerprint density at radius 2 is 2.08 bits per heavy atom. The number of nitrogens with one attached hydrogen (secondary N) is 1. The van der Waals surface area contributed by atoms with Crippen LogP contribution < -0.4 is 5.32 Å². The van der Waals surface area contributed by atoms with Crippen molar-refractivity contribution in [3.05, 3.63) is 0 Å². The Morgan fingerprint density at radius 1 is 1.46 bits per heavy atom. The highest BCUT2D eigenvalue weighted by Crippen LogP contribution is 2.15. The van der Waals surface area contributed by atoms with Gasteiger partial charge in [0.05, 0.1) is 0 Å². The highest BCUT2D eigenvalue weighted by Gasteiger charge is 2.22. The Balaban J connectivity index is 2.23. The minimum atomic E-state index is 0.259. The molecule has 0 aromatic heterocycles. The lowest BCUT2D eigenvalue weighted by atomic mass is 9.96. The molecule has 0 aromatic rings. The van der Waals surface area contributed by atoms with Gasteiger partial charge in [-0.05, 0) is 39.4 Å². The number of amides is 1. The minimum Gasteiger partial charge on any atom is -0.356 e. The first-order valence-electron chi connectivity index (χ1n) is 5.20. The van der Waals surface area contributed by atoms with E-state index in [1.165, 1.54) is 0 Å². The van der Waals surface area contributed by atoms with Crippen molar-refractivity contribution >= 4 is 5.91 Å². The summed E-state index contributed by atoms with van der Waals surface area (Å²) < 4.78 is 0. The van der Waals surface area contributed by atoms with Crippen LogP contribution in [0.3, 0.4) is 0 Å². The van der Waals surface area contributed by atoms with Gasteiger partial charge in [0.1, 0.15) is 0 Å². The van der Waals surface area contributed by atoms with E-state index in [0.29, 0.717) is 0 Å². The van der Waals surface area contributed by atoms with Gasteiger partial charge in [-0.15, -0.1) is 0 Å². The van der Waals surface area contributed by atoms with Crippen LogP contribution in [0, 0.1) is 5.92 Å². The van der Waals surface area contributed by atoms with Gasteiger partial charge in [0.15, 0.2) is 0 Å². The summed E-state index contributed by atoms with van der Waals surface area (Å²) in [7, 11) is 2.11. The van der Waals surface area contributed by atoms with Crippen molar-refractivity contribution in [3.63, 3.8) is 0 Å². The molecule has 3 nitrogen and oxygen atoms in total. The van der Waals surface area contributed by atoms with E-state index in [-0.39, 0.29) is 11.8 Å². The highest BCUT2D eigenvalue weighted by molar-refractivity contribution is 5.78. The summed E-state index contributed by atoms with van der Waals surface area (Å²) in [5.41, 5.74) is 0. The first-order chi connectivity index (χ1) is 6.24. The number of piperidine rings is 1. The van der Waals surface area contributed by atoms with Crippen LogP contribution in [0.1, 0.15) is 26.2 Å². The standard InChI is InChI=1S/C10H20N2O/c1-3-6-11-10(13)9-4-7-12(2)8-5-9/h9H,3-8H2,1-2H3,(H,11,13). The number of rotatable bonds is 3. The number of carbonyl (C=O) groups excluding carboxylic acids is 1. The molecule has 0 atom stereocenters. The van der Waals surface area contributed by atoms with Crippen molar-refractivity contribution in [1.82, 2.24) is 10.2 Å². The molecule has 1 heterocycles. The minimum absolute atomic E-state index is 0.259. The van der Waals surface area contributed by atoms with E-state index in [1.54, 1.807) is 0 Å². The number of hydrogen-bond donors (Lipinski definition) is 1. The van der Waals surface area contributed by atoms with Crippen molar-refractivity contribution in [2.24, 2.45) is 5.92 Å². The second-order valence-corrected chi connectivity index (χ2v) is 3.87. The van der Waals surface area contributed by atoms with Crippen LogP contribution in [0.25, 0.3) is 0 Å². The second kappa shape index (κ2) is 5.22. The van der Waals surface area contributed by atoms with E-state index in [1.807, 2.05) is 0 Å². The molecular formula is C10H20N2O. The normalized spacial score (nSPS) is 20.2. The zero-order valence-corrected chi connectivity index (χ0v) is 8.68. The van der Waals surface area contributed by atoms with Crippen molar-refractivity contribution in [2.75, 3.05) is 26.7 Å². The fraction of sp³-hybridized carbons (Fsp3) is 0.900. The molecule has 1 fully saturated rings. The predicted octanol–water partition coefficient (Wildman–Crippen LogP) is 0.854. The van der Waals surface area contributed by atoms with E-state index >= 15 is 0 Å². The Morgan fingerprint density at radius 3 is 2.62 bits per heavy atom. The fourth-order valence-electron chi connectivity index (χ4n) is 1.66. The van der Waals surface area contributed by atoms with Gasteiger partial charge >= 0.3 is 0 Å². The predicted molar refractivity (Wildman–Crippen MR) is 53.5 cm³/mol. The first-order valence-corrected chi connectivity index (χ1v) is 5.20. The van der Waals surface area contributed by atoms with Gasteiger partial charge < -0.3 is 10.2 Å². The second-order valence-electron chi connectivity index (χ2n) is 3.87. The molecule has 76 valence electrons. The van der Waals surface area contributed by atoms with Gasteiger partial charge in [-0.25, -0.2) is 0 Å². The van der Waals surface area contributed by atoms with Crippen molar-refractivity contribution < 1.29 is 4.79 Å². The quantitative estimate of drug-likeness (QED) is 0.705. The molecule has 1 rings (SSSR count). The molecule has 0 aromatic carbocycles. The topological polar surface area (TPSA) is 32.3 Å². The van der Waals surface area contributed by atoms with Crippen LogP contribution in [-0.4, -0.2) is 37.5 Å². The maximum absolute atomic E-state index is 11.5. The molecule has 1 N–H and O–H groups in total. The van der Waals surface area contributed by atoms with Crippen LogP contribution in [0.15, 0.2) is 0 Å². The summed E-state index contributed by atoms with van der Waals surface area (Å²) >= 11 is 0. The smallest absolute Gasteiger partial charge is 0.223 e. The zero-order valence-electron chi connectivity index (χ0n) is 8.68. The van der Waals surface area contributed by atoms with Gasteiger partial charge in [0, 0.05) is 12.5 Å². The fourth-order valence-corrected chi connectivity index (χ4v) is 1.66. The lowest BCUT2D eigenvalue weighted by Crippen LogP contribution is -2.39. The monoisotopic (exact) mass is 184 g/mol. The Bertz CT molecular complexity index is 162. The lowest BCUT2D eigenvalue weighted by Gasteiger charge is -2.27. The van der Waals surface area contributed by atoms with E-state index in [4.69, 9.17) is 0 Å². The largest absolute Gasteiger partial charge is 0.356 e. The maximum atomic E-state index is 11.5. The third-order valence-corrected chi connectivity index (χ3v) is 2.64. The molecule has 1 aliphatic rings. The molecule has 1 amide bonds. The van der Waals surface area contributed by atoms with Crippen LogP contribution in [0.2, 0.25) is 0 Å². The number of nitrogens with zero attached hydrogens (tertiary/aromatic N) is 1. The molecule has 0 radical (unpaired) electrons. The molecule has 0 spiro atoms. The Labute approximate surface area is 80.5 Å². The van der Waals surface area contributed by atoms with Crippen molar-refractivity contribution in [3.8, 4) is 0 Å². The van der Waals surface area contributed by atoms with Gasteiger partial charge in [-0.2, -0.15) is 0 Å². The Hall–Kier alpha value is -0.570. The van der Waals surface area contributed by atoms with Crippen molar-refractivity contribution in [2.45, 2.75) is 26.2 Å². The average molecular weight is 184 g/mol. The number of hydrogen-bond acceptors (Lipinski definition) is 2. The molecule has 0 bridgehead atoms. The SMILES string of the molecule is CCCNC(=O)C1CCN(C)CC1. The van der Waals surface area contributed by atoms with Crippen LogP contribution in [0.4, 0.5) is 0 Å². The summed E-state index contributed by atoms with van der Waals surface area (Å²) in [5.74, 6) is 0.526. The molecular weight excluding hydrogens is 164 g/mol. The van der Waals surface area contributed by atoms with E-state index in [9.17, 15) is 4.79 Å². The molecule has 0 saturated carbocycles. The molecule has 0 unspecified atom stereocenters. The van der Waals surface area contributed by atoms with Crippen LogP contribution in [0.5, 0.6) is 0 Å². The maximum Gasteiger partial charge on any atom is 0.223 e. The van der Waals surface area contributed by atoms with Crippen LogP contribution >= 0.6 is 0 Å². The highest BCUT2D eigenvalue weighted by atomic mass is 16.1. The lowest BCUT2D eigenvalue weighted by molar-refractivity contribution is -0.126.